The zero-order valence-electron chi connectivity index (χ0n) is 14.8. The van der Waals surface area contributed by atoms with E-state index in [1.807, 2.05) is 12.1 Å². The standard InChI is InChI=1S/C19H21ClN2O5/c1-27-17-11-14(5-8-16(17)23)18(24)22(10-2-9-21-19(25)26)12-13-3-6-15(20)7-4-13/h3-8,11,21,23H,2,9-10,12H2,1H3,(H,25,26). The Hall–Kier alpha value is -2.93. The number of phenols is 1. The summed E-state index contributed by atoms with van der Waals surface area (Å²) in [5.74, 6) is -0.0950. The second kappa shape index (κ2) is 9.68. The van der Waals surface area contributed by atoms with Gasteiger partial charge in [0, 0.05) is 30.2 Å². The summed E-state index contributed by atoms with van der Waals surface area (Å²) >= 11 is 5.90. The summed E-state index contributed by atoms with van der Waals surface area (Å²) in [5.41, 5.74) is 1.26. The Labute approximate surface area is 162 Å². The van der Waals surface area contributed by atoms with Crippen LogP contribution < -0.4 is 10.1 Å². The van der Waals surface area contributed by atoms with Gasteiger partial charge < -0.3 is 25.2 Å². The van der Waals surface area contributed by atoms with Crippen LogP contribution in [0.25, 0.3) is 0 Å². The lowest BCUT2D eigenvalue weighted by molar-refractivity contribution is 0.0741. The molecule has 7 nitrogen and oxygen atoms in total. The van der Waals surface area contributed by atoms with Gasteiger partial charge in [-0.3, -0.25) is 4.79 Å². The zero-order valence-corrected chi connectivity index (χ0v) is 15.6. The number of rotatable bonds is 8. The Morgan fingerprint density at radius 3 is 2.52 bits per heavy atom. The van der Waals surface area contributed by atoms with Crippen molar-refractivity contribution < 1.29 is 24.5 Å². The number of carbonyl (C=O) groups excluding carboxylic acids is 1. The predicted octanol–water partition coefficient (Wildman–Crippen LogP) is 3.35. The number of aromatic hydroxyl groups is 1. The number of hydrogen-bond donors (Lipinski definition) is 3. The summed E-state index contributed by atoms with van der Waals surface area (Å²) in [6.45, 7) is 0.926. The van der Waals surface area contributed by atoms with E-state index in [1.165, 1.54) is 25.3 Å². The molecule has 0 saturated heterocycles. The maximum absolute atomic E-state index is 12.9. The minimum Gasteiger partial charge on any atom is -0.504 e. The Morgan fingerprint density at radius 1 is 1.19 bits per heavy atom. The van der Waals surface area contributed by atoms with E-state index in [9.17, 15) is 14.7 Å². The van der Waals surface area contributed by atoms with E-state index in [2.05, 4.69) is 5.32 Å². The number of carbonyl (C=O) groups is 2. The first-order valence-electron chi connectivity index (χ1n) is 8.28. The molecule has 0 unspecified atom stereocenters. The van der Waals surface area contributed by atoms with Crippen LogP contribution in [0.15, 0.2) is 42.5 Å². The van der Waals surface area contributed by atoms with Crippen molar-refractivity contribution in [2.75, 3.05) is 20.2 Å². The highest BCUT2D eigenvalue weighted by Crippen LogP contribution is 2.27. The molecule has 0 atom stereocenters. The van der Waals surface area contributed by atoms with Gasteiger partial charge >= 0.3 is 6.09 Å². The minimum absolute atomic E-state index is 0.0519. The molecule has 0 heterocycles. The monoisotopic (exact) mass is 392 g/mol. The lowest BCUT2D eigenvalue weighted by Crippen LogP contribution is -2.33. The molecular formula is C19H21ClN2O5. The number of amides is 2. The van der Waals surface area contributed by atoms with Crippen molar-refractivity contribution >= 4 is 23.6 Å². The number of carboxylic acid groups (broad SMARTS) is 1. The van der Waals surface area contributed by atoms with Gasteiger partial charge in [0.25, 0.3) is 5.91 Å². The van der Waals surface area contributed by atoms with Gasteiger partial charge in [0.05, 0.1) is 7.11 Å². The number of halogens is 1. The van der Waals surface area contributed by atoms with Gasteiger partial charge in [-0.05, 0) is 42.3 Å². The van der Waals surface area contributed by atoms with Crippen molar-refractivity contribution in [1.82, 2.24) is 10.2 Å². The highest BCUT2D eigenvalue weighted by atomic mass is 35.5. The van der Waals surface area contributed by atoms with Crippen molar-refractivity contribution in [3.8, 4) is 11.5 Å². The van der Waals surface area contributed by atoms with Crippen LogP contribution >= 0.6 is 11.6 Å². The van der Waals surface area contributed by atoms with Crippen molar-refractivity contribution in [2.24, 2.45) is 0 Å². The van der Waals surface area contributed by atoms with Crippen LogP contribution in [0.4, 0.5) is 4.79 Å². The number of methoxy groups -OCH3 is 1. The number of nitrogens with one attached hydrogen (secondary N) is 1. The smallest absolute Gasteiger partial charge is 0.404 e. The molecule has 3 N–H and O–H groups in total. The molecule has 27 heavy (non-hydrogen) atoms. The van der Waals surface area contributed by atoms with Crippen LogP contribution in [0.1, 0.15) is 22.3 Å². The molecule has 144 valence electrons. The SMILES string of the molecule is COc1cc(C(=O)N(CCCNC(=O)O)Cc2ccc(Cl)cc2)ccc1O. The maximum Gasteiger partial charge on any atom is 0.404 e. The van der Waals surface area contributed by atoms with Gasteiger partial charge in [-0.1, -0.05) is 23.7 Å². The third kappa shape index (κ3) is 6.07. The number of phenolic OH excluding ortho intramolecular Hbond substituents is 1. The fraction of sp³-hybridized carbons (Fsp3) is 0.263. The molecule has 0 fully saturated rings. The molecule has 0 aliphatic heterocycles. The summed E-state index contributed by atoms with van der Waals surface area (Å²) in [4.78, 5) is 25.1. The van der Waals surface area contributed by atoms with Gasteiger partial charge in [0.2, 0.25) is 0 Å². The molecule has 0 spiro atoms. The number of benzene rings is 2. The molecule has 2 aromatic rings. The largest absolute Gasteiger partial charge is 0.504 e. The summed E-state index contributed by atoms with van der Waals surface area (Å²) in [5, 5.41) is 21.3. The first kappa shape index (κ1) is 20.4. The first-order chi connectivity index (χ1) is 12.9. The normalized spacial score (nSPS) is 10.3. The van der Waals surface area contributed by atoms with Crippen molar-refractivity contribution in [3.05, 3.63) is 58.6 Å². The van der Waals surface area contributed by atoms with E-state index in [0.717, 1.165) is 5.56 Å². The summed E-state index contributed by atoms with van der Waals surface area (Å²) in [6.07, 6.45) is -0.644. The van der Waals surface area contributed by atoms with E-state index < -0.39 is 6.09 Å². The van der Waals surface area contributed by atoms with E-state index in [-0.39, 0.29) is 24.0 Å². The van der Waals surface area contributed by atoms with Crippen LogP contribution in [-0.2, 0) is 6.54 Å². The highest BCUT2D eigenvalue weighted by Gasteiger charge is 2.18. The lowest BCUT2D eigenvalue weighted by Gasteiger charge is -2.23. The van der Waals surface area contributed by atoms with E-state index in [1.54, 1.807) is 17.0 Å². The Morgan fingerprint density at radius 2 is 1.89 bits per heavy atom. The maximum atomic E-state index is 12.9. The van der Waals surface area contributed by atoms with Gasteiger partial charge in [0.1, 0.15) is 0 Å². The van der Waals surface area contributed by atoms with Crippen LogP contribution in [0.5, 0.6) is 11.5 Å². The third-order valence-corrected chi connectivity index (χ3v) is 4.13. The van der Waals surface area contributed by atoms with E-state index >= 15 is 0 Å². The van der Waals surface area contributed by atoms with Gasteiger partial charge in [-0.25, -0.2) is 4.79 Å². The summed E-state index contributed by atoms with van der Waals surface area (Å²) < 4.78 is 5.06. The Kier molecular flexibility index (Phi) is 7.31. The van der Waals surface area contributed by atoms with Gasteiger partial charge in [0.15, 0.2) is 11.5 Å². The van der Waals surface area contributed by atoms with Gasteiger partial charge in [-0.2, -0.15) is 0 Å². The fourth-order valence-corrected chi connectivity index (χ4v) is 2.65. The molecule has 0 aliphatic rings. The second-order valence-electron chi connectivity index (χ2n) is 5.83. The molecule has 0 saturated carbocycles. The Balaban J connectivity index is 2.17. The highest BCUT2D eigenvalue weighted by molar-refractivity contribution is 6.30. The minimum atomic E-state index is -1.10. The predicted molar refractivity (Wildman–Crippen MR) is 101 cm³/mol. The molecular weight excluding hydrogens is 372 g/mol. The lowest BCUT2D eigenvalue weighted by atomic mass is 10.1. The Bertz CT molecular complexity index is 795. The molecule has 0 aliphatic carbocycles. The fourth-order valence-electron chi connectivity index (χ4n) is 2.52. The number of hydrogen-bond acceptors (Lipinski definition) is 4. The van der Waals surface area contributed by atoms with Crippen molar-refractivity contribution in [2.45, 2.75) is 13.0 Å². The van der Waals surface area contributed by atoms with Crippen LogP contribution in [0.2, 0.25) is 5.02 Å². The van der Waals surface area contributed by atoms with Crippen molar-refractivity contribution in [1.29, 1.82) is 0 Å². The quantitative estimate of drug-likeness (QED) is 0.598. The summed E-state index contributed by atoms with van der Waals surface area (Å²) in [6, 6.07) is 11.5. The second-order valence-corrected chi connectivity index (χ2v) is 6.26. The molecule has 8 heteroatoms. The van der Waals surface area contributed by atoms with E-state index in [0.29, 0.717) is 30.1 Å². The number of ether oxygens (including phenoxy) is 1. The summed E-state index contributed by atoms with van der Waals surface area (Å²) in [7, 11) is 1.41. The first-order valence-corrected chi connectivity index (χ1v) is 8.66. The van der Waals surface area contributed by atoms with Crippen LogP contribution in [0, 0.1) is 0 Å². The topological polar surface area (TPSA) is 99.1 Å². The van der Waals surface area contributed by atoms with Crippen LogP contribution in [0.3, 0.4) is 0 Å². The molecule has 0 aromatic heterocycles. The van der Waals surface area contributed by atoms with Crippen LogP contribution in [-0.4, -0.2) is 47.3 Å². The average molecular weight is 393 g/mol. The molecule has 2 aromatic carbocycles. The third-order valence-electron chi connectivity index (χ3n) is 3.88. The molecule has 2 amide bonds. The van der Waals surface area contributed by atoms with Crippen molar-refractivity contribution in [3.63, 3.8) is 0 Å². The van der Waals surface area contributed by atoms with E-state index in [4.69, 9.17) is 21.4 Å². The number of nitrogens with zero attached hydrogens (tertiary/aromatic N) is 1. The zero-order chi connectivity index (χ0) is 19.8. The average Bonchev–Trinajstić information content (AvgIpc) is 2.65. The van der Waals surface area contributed by atoms with Gasteiger partial charge in [-0.15, -0.1) is 0 Å². The molecule has 2 rings (SSSR count). The molecule has 0 radical (unpaired) electrons. The molecule has 0 bridgehead atoms.